The molecular weight excluding hydrogens is 380 g/mol. The van der Waals surface area contributed by atoms with Crippen LogP contribution in [0.4, 0.5) is 0 Å². The Hall–Kier alpha value is -3.02. The van der Waals surface area contributed by atoms with Crippen molar-refractivity contribution in [2.45, 2.75) is 0 Å². The third-order valence-electron chi connectivity index (χ3n) is 0.903. The molecule has 0 aromatic carbocycles. The van der Waals surface area contributed by atoms with Crippen molar-refractivity contribution in [3.05, 3.63) is 43.3 Å². The van der Waals surface area contributed by atoms with Gasteiger partial charge in [-0.3, -0.25) is 0 Å². The molecule has 2 rings (SSSR count). The van der Waals surface area contributed by atoms with E-state index in [-0.39, 0.29) is 28.0 Å². The summed E-state index contributed by atoms with van der Waals surface area (Å²) in [5, 5.41) is 49.9. The van der Waals surface area contributed by atoms with Crippen LogP contribution < -0.4 is 0 Å². The fourth-order valence-corrected chi connectivity index (χ4v) is 0.414. The van der Waals surface area contributed by atoms with Crippen LogP contribution in [0.5, 0.6) is 0 Å². The zero-order valence-electron chi connectivity index (χ0n) is 11.4. The normalized spacial score (nSPS) is 6.70. The van der Waals surface area contributed by atoms with Gasteiger partial charge in [0.2, 0.25) is 0 Å². The molecule has 0 fully saturated rings. The summed E-state index contributed by atoms with van der Waals surface area (Å²) in [4.78, 5) is 16.5. The Bertz CT molecular complexity index is 411. The molecule has 2 aromatic rings. The van der Waals surface area contributed by atoms with Crippen LogP contribution in [0.25, 0.3) is 0 Å². The van der Waals surface area contributed by atoms with Crippen LogP contribution in [0.2, 0.25) is 0 Å². The molecule has 0 aliphatic heterocycles. The molecule has 0 bridgehead atoms. The van der Waals surface area contributed by atoms with E-state index in [4.69, 9.17) is 30.6 Å². The second-order valence-corrected chi connectivity index (χ2v) is 2.41. The van der Waals surface area contributed by atoms with Gasteiger partial charge in [0.05, 0.1) is 10.2 Å². The number of aromatic nitrogens is 8. The number of hydrogen-bond acceptors (Lipinski definition) is 12. The van der Waals surface area contributed by atoms with Crippen LogP contribution in [0.15, 0.2) is 12.7 Å². The quantitative estimate of drug-likeness (QED) is 0.238. The molecule has 2 heterocycles. The molecule has 0 saturated heterocycles. The first-order valence-corrected chi connectivity index (χ1v) is 4.22. The summed E-state index contributed by atoms with van der Waals surface area (Å²) in [5.74, 6) is 0. The van der Waals surface area contributed by atoms with Gasteiger partial charge in [-0.25, -0.2) is 9.36 Å². The monoisotopic (exact) mass is 391 g/mol. The third kappa shape index (κ3) is 45.4. The Balaban J connectivity index is -0.0000000613. The number of rotatable bonds is 0. The maximum atomic E-state index is 8.25. The van der Waals surface area contributed by atoms with Crippen molar-refractivity contribution in [1.29, 1.82) is 0 Å². The maximum Gasteiger partial charge on any atom is 2.00 e. The fourth-order valence-electron chi connectivity index (χ4n) is 0.414. The van der Waals surface area contributed by atoms with E-state index in [1.807, 2.05) is 0 Å². The SMILES string of the molecule is Cn1cnnn1.Cn1cnnn1.O.O.O=[N+]([O-])[O-].O=[N+]([O-])[O-].[Cu+2]. The van der Waals surface area contributed by atoms with Gasteiger partial charge in [-0.15, -0.1) is 10.2 Å². The molecule has 0 aliphatic carbocycles. The molecule has 23 heavy (non-hydrogen) atoms. The average Bonchev–Trinajstić information content (AvgIpc) is 2.91. The van der Waals surface area contributed by atoms with Crippen LogP contribution in [0.3, 0.4) is 0 Å². The molecule has 4 N–H and O–H groups in total. The minimum Gasteiger partial charge on any atom is -0.412 e. The average molecular weight is 392 g/mol. The zero-order valence-corrected chi connectivity index (χ0v) is 12.3. The van der Waals surface area contributed by atoms with Gasteiger partial charge >= 0.3 is 17.1 Å². The second kappa shape index (κ2) is 21.3. The molecule has 0 aliphatic rings. The fraction of sp³-hybridized carbons (Fsp3) is 0.500. The first-order chi connectivity index (χ1) is 9.25. The molecule has 137 valence electrons. The summed E-state index contributed by atoms with van der Waals surface area (Å²) in [6, 6.07) is 0. The van der Waals surface area contributed by atoms with Crippen molar-refractivity contribution in [1.82, 2.24) is 40.4 Å². The summed E-state index contributed by atoms with van der Waals surface area (Å²) in [5.41, 5.74) is 0. The molecule has 0 atom stereocenters. The first kappa shape index (κ1) is 32.1. The van der Waals surface area contributed by atoms with Gasteiger partial charge in [0.25, 0.3) is 0 Å². The zero-order chi connectivity index (χ0) is 16.0. The van der Waals surface area contributed by atoms with Crippen molar-refractivity contribution < 1.29 is 38.2 Å². The Kier molecular flexibility index (Phi) is 29.7. The first-order valence-electron chi connectivity index (χ1n) is 4.22. The Labute approximate surface area is 137 Å². The van der Waals surface area contributed by atoms with E-state index >= 15 is 0 Å². The Morgan fingerprint density at radius 3 is 1.04 bits per heavy atom. The third-order valence-corrected chi connectivity index (χ3v) is 0.903. The van der Waals surface area contributed by atoms with E-state index in [0.717, 1.165) is 0 Å². The van der Waals surface area contributed by atoms with Gasteiger partial charge in [-0.05, 0) is 20.9 Å². The molecule has 18 nitrogen and oxygen atoms in total. The predicted octanol–water partition coefficient (Wildman–Crippen LogP) is -3.71. The van der Waals surface area contributed by atoms with Crippen molar-refractivity contribution in [3.8, 4) is 0 Å². The van der Waals surface area contributed by atoms with Crippen LogP contribution in [-0.2, 0) is 31.2 Å². The summed E-state index contributed by atoms with van der Waals surface area (Å²) < 4.78 is 3.06. The standard InChI is InChI=1S/2C2H4N4.Cu.2NO3.2H2O/c2*1-6-2-3-4-5-6;;2*2-1(3)4;;/h2*2H,1H3;;;;2*1H2/q;;+2;2*-1;;. The largest absolute Gasteiger partial charge is 2.00 e. The van der Waals surface area contributed by atoms with E-state index in [1.165, 1.54) is 22.0 Å². The van der Waals surface area contributed by atoms with E-state index in [0.29, 0.717) is 0 Å². The predicted molar refractivity (Wildman–Crippen MR) is 65.5 cm³/mol. The summed E-state index contributed by atoms with van der Waals surface area (Å²) in [6.45, 7) is 0. The minimum atomic E-state index is -1.75. The summed E-state index contributed by atoms with van der Waals surface area (Å²) >= 11 is 0. The van der Waals surface area contributed by atoms with E-state index in [1.54, 1.807) is 14.1 Å². The molecule has 19 heteroatoms. The van der Waals surface area contributed by atoms with Gasteiger partial charge < -0.3 is 41.6 Å². The molecule has 2 aromatic heterocycles. The number of tetrazole rings is 2. The number of nitrogens with zero attached hydrogens (tertiary/aromatic N) is 10. The number of hydrogen-bond donors (Lipinski definition) is 0. The number of aryl methyl sites for hydroxylation is 2. The van der Waals surface area contributed by atoms with E-state index < -0.39 is 10.2 Å². The summed E-state index contributed by atoms with van der Waals surface area (Å²) in [7, 11) is 3.53. The smallest absolute Gasteiger partial charge is 0.412 e. The van der Waals surface area contributed by atoms with Gasteiger partial charge in [0.1, 0.15) is 12.7 Å². The van der Waals surface area contributed by atoms with Crippen molar-refractivity contribution >= 4 is 0 Å². The van der Waals surface area contributed by atoms with Gasteiger partial charge in [0.15, 0.2) is 0 Å². The van der Waals surface area contributed by atoms with Crippen LogP contribution >= 0.6 is 0 Å². The van der Waals surface area contributed by atoms with E-state index in [9.17, 15) is 0 Å². The topological polar surface area (TPSA) is 283 Å². The van der Waals surface area contributed by atoms with E-state index in [2.05, 4.69) is 31.1 Å². The van der Waals surface area contributed by atoms with Crippen molar-refractivity contribution in [2.75, 3.05) is 0 Å². The molecular formula is C4H12CuN10O8. The Morgan fingerprint density at radius 2 is 1.00 bits per heavy atom. The minimum absolute atomic E-state index is 0. The maximum absolute atomic E-state index is 8.25. The van der Waals surface area contributed by atoms with Gasteiger partial charge in [-0.1, -0.05) is 0 Å². The van der Waals surface area contributed by atoms with Crippen LogP contribution in [-0.4, -0.2) is 61.5 Å². The summed E-state index contributed by atoms with van der Waals surface area (Å²) in [6.07, 6.45) is 3.06. The molecule has 0 saturated carbocycles. The van der Waals surface area contributed by atoms with Crippen LogP contribution in [0.1, 0.15) is 0 Å². The molecule has 0 spiro atoms. The molecule has 0 unspecified atom stereocenters. The van der Waals surface area contributed by atoms with Crippen molar-refractivity contribution in [3.63, 3.8) is 0 Å². The Morgan fingerprint density at radius 1 is 0.783 bits per heavy atom. The van der Waals surface area contributed by atoms with Crippen molar-refractivity contribution in [2.24, 2.45) is 14.1 Å². The van der Waals surface area contributed by atoms with Gasteiger partial charge in [0, 0.05) is 14.1 Å². The van der Waals surface area contributed by atoms with Gasteiger partial charge in [-0.2, -0.15) is 0 Å². The second-order valence-electron chi connectivity index (χ2n) is 2.41. The van der Waals surface area contributed by atoms with Crippen LogP contribution in [0, 0.1) is 30.6 Å². The molecule has 0 amide bonds. The molecule has 1 radical (unpaired) electrons.